The SMILES string of the molecule is COc1ccc(-c2cc(-c3ccc(C)cc3)nc(-c3cccc(OC)c3)c2)cc1. The average molecular weight is 381 g/mol. The van der Waals surface area contributed by atoms with E-state index in [2.05, 4.69) is 61.5 Å². The summed E-state index contributed by atoms with van der Waals surface area (Å²) >= 11 is 0. The summed E-state index contributed by atoms with van der Waals surface area (Å²) in [4.78, 5) is 4.96. The monoisotopic (exact) mass is 381 g/mol. The summed E-state index contributed by atoms with van der Waals surface area (Å²) in [5.41, 5.74) is 7.42. The number of benzene rings is 3. The summed E-state index contributed by atoms with van der Waals surface area (Å²) in [7, 11) is 3.36. The highest BCUT2D eigenvalue weighted by molar-refractivity contribution is 5.77. The van der Waals surface area contributed by atoms with Gasteiger partial charge in [0.2, 0.25) is 0 Å². The topological polar surface area (TPSA) is 31.4 Å². The molecule has 3 nitrogen and oxygen atoms in total. The van der Waals surface area contributed by atoms with Gasteiger partial charge in [-0.2, -0.15) is 0 Å². The van der Waals surface area contributed by atoms with Crippen LogP contribution in [0.5, 0.6) is 11.5 Å². The normalized spacial score (nSPS) is 10.6. The Morgan fingerprint density at radius 2 is 1.17 bits per heavy atom. The van der Waals surface area contributed by atoms with Crippen molar-refractivity contribution >= 4 is 0 Å². The number of ether oxygens (including phenoxy) is 2. The molecule has 4 aromatic rings. The van der Waals surface area contributed by atoms with Crippen LogP contribution in [-0.2, 0) is 0 Å². The van der Waals surface area contributed by atoms with Gasteiger partial charge in [0, 0.05) is 11.1 Å². The lowest BCUT2D eigenvalue weighted by atomic mass is 9.99. The minimum absolute atomic E-state index is 0.816. The molecule has 3 heteroatoms. The first-order valence-corrected chi connectivity index (χ1v) is 9.54. The molecule has 0 spiro atoms. The van der Waals surface area contributed by atoms with Crippen LogP contribution in [0.25, 0.3) is 33.6 Å². The van der Waals surface area contributed by atoms with Crippen LogP contribution in [0, 0.1) is 6.92 Å². The zero-order valence-corrected chi connectivity index (χ0v) is 16.8. The van der Waals surface area contributed by atoms with Crippen molar-refractivity contribution in [1.29, 1.82) is 0 Å². The molecule has 29 heavy (non-hydrogen) atoms. The summed E-state index contributed by atoms with van der Waals surface area (Å²) in [6.07, 6.45) is 0. The van der Waals surface area contributed by atoms with Crippen LogP contribution >= 0.6 is 0 Å². The Labute approximate surface area is 171 Å². The maximum absolute atomic E-state index is 5.40. The molecule has 0 aliphatic carbocycles. The predicted octanol–water partition coefficient (Wildman–Crippen LogP) is 6.41. The van der Waals surface area contributed by atoms with Gasteiger partial charge in [0.25, 0.3) is 0 Å². The van der Waals surface area contributed by atoms with Gasteiger partial charge < -0.3 is 9.47 Å². The van der Waals surface area contributed by atoms with E-state index in [1.165, 1.54) is 5.56 Å². The highest BCUT2D eigenvalue weighted by atomic mass is 16.5. The van der Waals surface area contributed by atoms with Gasteiger partial charge in [-0.3, -0.25) is 0 Å². The van der Waals surface area contributed by atoms with Crippen LogP contribution in [0.2, 0.25) is 0 Å². The van der Waals surface area contributed by atoms with Crippen LogP contribution in [0.3, 0.4) is 0 Å². The van der Waals surface area contributed by atoms with Crippen LogP contribution in [0.1, 0.15) is 5.56 Å². The largest absolute Gasteiger partial charge is 0.497 e. The molecule has 0 atom stereocenters. The van der Waals surface area contributed by atoms with Gasteiger partial charge in [0.1, 0.15) is 11.5 Å². The second kappa shape index (κ2) is 8.19. The fourth-order valence-corrected chi connectivity index (χ4v) is 3.28. The van der Waals surface area contributed by atoms with Crippen LogP contribution in [0.4, 0.5) is 0 Å². The van der Waals surface area contributed by atoms with E-state index in [1.807, 2.05) is 30.3 Å². The van der Waals surface area contributed by atoms with Crippen LogP contribution in [0.15, 0.2) is 84.9 Å². The molecule has 0 aliphatic heterocycles. The second-order valence-corrected chi connectivity index (χ2v) is 6.95. The highest BCUT2D eigenvalue weighted by Crippen LogP contribution is 2.32. The third-order valence-electron chi connectivity index (χ3n) is 4.96. The van der Waals surface area contributed by atoms with E-state index in [0.717, 1.165) is 45.1 Å². The Balaban J connectivity index is 1.87. The van der Waals surface area contributed by atoms with Gasteiger partial charge in [0.05, 0.1) is 25.6 Å². The third kappa shape index (κ3) is 4.14. The van der Waals surface area contributed by atoms with E-state index in [-0.39, 0.29) is 0 Å². The molecular formula is C26H23NO2. The zero-order chi connectivity index (χ0) is 20.2. The molecule has 0 fully saturated rings. The van der Waals surface area contributed by atoms with E-state index < -0.39 is 0 Å². The number of rotatable bonds is 5. The molecule has 0 bridgehead atoms. The first kappa shape index (κ1) is 18.8. The summed E-state index contributed by atoms with van der Waals surface area (Å²) in [5.74, 6) is 1.66. The van der Waals surface area contributed by atoms with Crippen LogP contribution < -0.4 is 9.47 Å². The van der Waals surface area contributed by atoms with Crippen LogP contribution in [-0.4, -0.2) is 19.2 Å². The molecule has 0 N–H and O–H groups in total. The van der Waals surface area contributed by atoms with E-state index in [0.29, 0.717) is 0 Å². The number of aromatic nitrogens is 1. The molecule has 0 aliphatic rings. The van der Waals surface area contributed by atoms with Gasteiger partial charge in [-0.15, -0.1) is 0 Å². The van der Waals surface area contributed by atoms with Gasteiger partial charge in [0.15, 0.2) is 0 Å². The van der Waals surface area contributed by atoms with Gasteiger partial charge in [-0.05, 0) is 54.4 Å². The summed E-state index contributed by atoms with van der Waals surface area (Å²) < 4.78 is 10.7. The van der Waals surface area contributed by atoms with Crippen molar-refractivity contribution in [2.24, 2.45) is 0 Å². The molecule has 0 radical (unpaired) electrons. The molecule has 0 unspecified atom stereocenters. The zero-order valence-electron chi connectivity index (χ0n) is 16.8. The minimum Gasteiger partial charge on any atom is -0.497 e. The lowest BCUT2D eigenvalue weighted by molar-refractivity contribution is 0.415. The second-order valence-electron chi connectivity index (χ2n) is 6.95. The first-order valence-electron chi connectivity index (χ1n) is 9.54. The van der Waals surface area contributed by atoms with Crippen molar-refractivity contribution in [3.8, 4) is 45.1 Å². The summed E-state index contributed by atoms with van der Waals surface area (Å²) in [6, 6.07) is 28.8. The van der Waals surface area contributed by atoms with Gasteiger partial charge >= 0.3 is 0 Å². The lowest BCUT2D eigenvalue weighted by Gasteiger charge is -2.11. The van der Waals surface area contributed by atoms with Crippen molar-refractivity contribution in [2.45, 2.75) is 6.92 Å². The fraction of sp³-hybridized carbons (Fsp3) is 0.115. The summed E-state index contributed by atoms with van der Waals surface area (Å²) in [6.45, 7) is 2.09. The van der Waals surface area contributed by atoms with E-state index in [4.69, 9.17) is 14.5 Å². The molecule has 0 saturated heterocycles. The molecule has 3 aromatic carbocycles. The number of pyridine rings is 1. The fourth-order valence-electron chi connectivity index (χ4n) is 3.28. The van der Waals surface area contributed by atoms with E-state index in [9.17, 15) is 0 Å². The number of nitrogens with zero attached hydrogens (tertiary/aromatic N) is 1. The highest BCUT2D eigenvalue weighted by Gasteiger charge is 2.10. The Bertz CT molecular complexity index is 1120. The van der Waals surface area contributed by atoms with Crippen molar-refractivity contribution in [3.05, 3.63) is 90.5 Å². The molecule has 144 valence electrons. The Morgan fingerprint density at radius 1 is 0.552 bits per heavy atom. The molecule has 4 rings (SSSR count). The molecule has 1 aromatic heterocycles. The first-order chi connectivity index (χ1) is 14.2. The third-order valence-corrected chi connectivity index (χ3v) is 4.96. The molecule has 1 heterocycles. The van der Waals surface area contributed by atoms with Crippen molar-refractivity contribution in [3.63, 3.8) is 0 Å². The minimum atomic E-state index is 0.816. The number of methoxy groups -OCH3 is 2. The molecular weight excluding hydrogens is 358 g/mol. The summed E-state index contributed by atoms with van der Waals surface area (Å²) in [5, 5.41) is 0. The van der Waals surface area contributed by atoms with E-state index in [1.54, 1.807) is 14.2 Å². The Morgan fingerprint density at radius 3 is 1.83 bits per heavy atom. The van der Waals surface area contributed by atoms with Crippen molar-refractivity contribution < 1.29 is 9.47 Å². The Hall–Kier alpha value is -3.59. The smallest absolute Gasteiger partial charge is 0.119 e. The number of hydrogen-bond acceptors (Lipinski definition) is 3. The number of hydrogen-bond donors (Lipinski definition) is 0. The van der Waals surface area contributed by atoms with Gasteiger partial charge in [-0.25, -0.2) is 4.98 Å². The standard InChI is InChI=1S/C26H23NO2/c1-18-7-9-20(10-8-18)25-16-22(19-11-13-23(28-2)14-12-19)17-26(27-25)21-5-4-6-24(15-21)29-3/h4-17H,1-3H3. The van der Waals surface area contributed by atoms with E-state index >= 15 is 0 Å². The van der Waals surface area contributed by atoms with Gasteiger partial charge in [-0.1, -0.05) is 54.1 Å². The maximum atomic E-state index is 5.40. The average Bonchev–Trinajstić information content (AvgIpc) is 2.79. The van der Waals surface area contributed by atoms with Crippen molar-refractivity contribution in [1.82, 2.24) is 4.98 Å². The number of aryl methyl sites for hydroxylation is 1. The predicted molar refractivity (Wildman–Crippen MR) is 118 cm³/mol. The molecule has 0 amide bonds. The van der Waals surface area contributed by atoms with Crippen molar-refractivity contribution in [2.75, 3.05) is 14.2 Å². The maximum Gasteiger partial charge on any atom is 0.119 e. The lowest BCUT2D eigenvalue weighted by Crippen LogP contribution is -1.92. The molecule has 0 saturated carbocycles. The quantitative estimate of drug-likeness (QED) is 0.400. The Kier molecular flexibility index (Phi) is 5.30.